The van der Waals surface area contributed by atoms with Gasteiger partial charge < -0.3 is 5.11 Å². The fourth-order valence-corrected chi connectivity index (χ4v) is 5.78. The Bertz CT molecular complexity index is 299. The minimum Gasteiger partial charge on any atom is -0.481 e. The van der Waals surface area contributed by atoms with Crippen molar-refractivity contribution in [3.63, 3.8) is 0 Å². The van der Waals surface area contributed by atoms with Crippen LogP contribution in [0.3, 0.4) is 0 Å². The van der Waals surface area contributed by atoms with Crippen molar-refractivity contribution in [2.75, 3.05) is 0 Å². The molecule has 4 bridgehead atoms. The minimum absolute atomic E-state index is 0.109. The maximum absolute atomic E-state index is 11.0. The van der Waals surface area contributed by atoms with Crippen molar-refractivity contribution in [2.45, 2.75) is 49.7 Å². The van der Waals surface area contributed by atoms with Gasteiger partial charge in [0.05, 0.1) is 6.42 Å². The molecule has 15 heavy (non-hydrogen) atoms. The van der Waals surface area contributed by atoms with Gasteiger partial charge in [0.1, 0.15) is 0 Å². The fraction of sp³-hybridized carbons (Fsp3) is 0.917. The number of rotatable bonds is 2. The average Bonchev–Trinajstić information content (AvgIpc) is 1.94. The first-order chi connectivity index (χ1) is 6.99. The lowest BCUT2D eigenvalue weighted by molar-refractivity contribution is -0.144. The molecule has 4 rings (SSSR count). The van der Waals surface area contributed by atoms with Crippen molar-refractivity contribution in [2.24, 2.45) is 17.3 Å². The minimum atomic E-state index is -0.617. The Hall–Kier alpha value is -0.180. The van der Waals surface area contributed by atoms with Crippen LogP contribution in [0.2, 0.25) is 0 Å². The Balaban J connectivity index is 1.89. The molecule has 0 aliphatic heterocycles. The second-order valence-corrected chi connectivity index (χ2v) is 7.20. The van der Waals surface area contributed by atoms with Crippen molar-refractivity contribution in [1.82, 2.24) is 0 Å². The van der Waals surface area contributed by atoms with Crippen LogP contribution in [0.1, 0.15) is 44.9 Å². The molecule has 0 heterocycles. The Morgan fingerprint density at radius 1 is 1.27 bits per heavy atom. The zero-order valence-corrected chi connectivity index (χ0v) is 9.80. The van der Waals surface area contributed by atoms with E-state index in [9.17, 15) is 4.79 Å². The molecule has 4 aliphatic carbocycles. The number of thiol groups is 1. The second kappa shape index (κ2) is 2.93. The summed E-state index contributed by atoms with van der Waals surface area (Å²) in [5.41, 5.74) is 0.109. The molecule has 4 atom stereocenters. The van der Waals surface area contributed by atoms with E-state index in [4.69, 9.17) is 17.7 Å². The first-order valence-electron chi connectivity index (χ1n) is 5.93. The third kappa shape index (κ3) is 1.59. The molecule has 0 amide bonds. The summed E-state index contributed by atoms with van der Waals surface area (Å²) in [6.07, 6.45) is 7.52. The highest BCUT2D eigenvalue weighted by atomic mass is 32.1. The first-order valence-corrected chi connectivity index (χ1v) is 6.38. The van der Waals surface area contributed by atoms with Crippen LogP contribution >= 0.6 is 12.6 Å². The zero-order chi connectivity index (χ0) is 10.7. The highest BCUT2D eigenvalue weighted by Crippen LogP contribution is 2.64. The van der Waals surface area contributed by atoms with E-state index in [0.29, 0.717) is 6.42 Å². The maximum Gasteiger partial charge on any atom is 0.303 e. The lowest BCUT2D eigenvalue weighted by Crippen LogP contribution is -2.53. The van der Waals surface area contributed by atoms with Crippen LogP contribution in [0.25, 0.3) is 0 Å². The highest BCUT2D eigenvalue weighted by Gasteiger charge is 2.56. The number of hydrogen-bond acceptors (Lipinski definition) is 2. The molecule has 0 aromatic carbocycles. The van der Waals surface area contributed by atoms with Crippen molar-refractivity contribution >= 4 is 18.6 Å². The van der Waals surface area contributed by atoms with E-state index in [1.54, 1.807) is 0 Å². The summed E-state index contributed by atoms with van der Waals surface area (Å²) < 4.78 is 0.180. The molecule has 4 aliphatic rings. The van der Waals surface area contributed by atoms with E-state index < -0.39 is 5.97 Å². The summed E-state index contributed by atoms with van der Waals surface area (Å²) in [6.45, 7) is 0. The summed E-state index contributed by atoms with van der Waals surface area (Å²) >= 11 is 4.83. The van der Waals surface area contributed by atoms with E-state index in [1.165, 1.54) is 19.3 Å². The molecule has 84 valence electrons. The molecule has 1 N–H and O–H groups in total. The molecule has 0 spiro atoms. The van der Waals surface area contributed by atoms with E-state index in [0.717, 1.165) is 31.1 Å². The summed E-state index contributed by atoms with van der Waals surface area (Å²) in [6, 6.07) is 0. The average molecular weight is 226 g/mol. The van der Waals surface area contributed by atoms with Crippen molar-refractivity contribution < 1.29 is 9.90 Å². The van der Waals surface area contributed by atoms with Crippen LogP contribution in [-0.4, -0.2) is 15.8 Å². The van der Waals surface area contributed by atoms with Gasteiger partial charge in [0.15, 0.2) is 0 Å². The van der Waals surface area contributed by atoms with Gasteiger partial charge in [0, 0.05) is 4.75 Å². The van der Waals surface area contributed by atoms with Crippen LogP contribution in [-0.2, 0) is 4.79 Å². The number of carboxylic acid groups (broad SMARTS) is 1. The summed E-state index contributed by atoms with van der Waals surface area (Å²) in [4.78, 5) is 11.0. The van der Waals surface area contributed by atoms with E-state index in [1.807, 2.05) is 0 Å². The van der Waals surface area contributed by atoms with Crippen LogP contribution in [0.5, 0.6) is 0 Å². The predicted molar refractivity (Wildman–Crippen MR) is 61.1 cm³/mol. The van der Waals surface area contributed by atoms with Gasteiger partial charge >= 0.3 is 5.97 Å². The number of carbonyl (C=O) groups is 1. The number of hydrogen-bond donors (Lipinski definition) is 2. The smallest absolute Gasteiger partial charge is 0.303 e. The standard InChI is InChI=1S/C12H18O2S/c13-10(14)6-11-2-8-1-9(3-11)5-12(15,4-8)7-11/h8-9,15H,1-7H2,(H,13,14)/t8-,9+,11?,12?. The Morgan fingerprint density at radius 2 is 1.87 bits per heavy atom. The molecule has 3 heteroatoms. The van der Waals surface area contributed by atoms with Crippen LogP contribution in [0.4, 0.5) is 0 Å². The van der Waals surface area contributed by atoms with Crippen LogP contribution in [0.15, 0.2) is 0 Å². The Kier molecular flexibility index (Phi) is 1.96. The quantitative estimate of drug-likeness (QED) is 0.710. The van der Waals surface area contributed by atoms with Crippen molar-refractivity contribution in [3.8, 4) is 0 Å². The van der Waals surface area contributed by atoms with E-state index >= 15 is 0 Å². The third-order valence-corrected chi connectivity index (χ3v) is 5.20. The van der Waals surface area contributed by atoms with Gasteiger partial charge in [0.2, 0.25) is 0 Å². The molecule has 0 saturated heterocycles. The lowest BCUT2D eigenvalue weighted by atomic mass is 9.48. The molecule has 0 aromatic heterocycles. The summed E-state index contributed by atoms with van der Waals surface area (Å²) in [7, 11) is 0. The van der Waals surface area contributed by atoms with Gasteiger partial charge in [-0.05, 0) is 55.8 Å². The second-order valence-electron chi connectivity index (χ2n) is 6.26. The molecule has 4 fully saturated rings. The van der Waals surface area contributed by atoms with Crippen LogP contribution < -0.4 is 0 Å². The van der Waals surface area contributed by atoms with Gasteiger partial charge in [-0.3, -0.25) is 4.79 Å². The maximum atomic E-state index is 11.0. The van der Waals surface area contributed by atoms with Gasteiger partial charge in [-0.25, -0.2) is 0 Å². The third-order valence-electron chi connectivity index (χ3n) is 4.68. The zero-order valence-electron chi connectivity index (χ0n) is 8.91. The summed E-state index contributed by atoms with van der Waals surface area (Å²) in [5.74, 6) is 0.917. The molecule has 2 unspecified atom stereocenters. The van der Waals surface area contributed by atoms with Crippen LogP contribution in [0, 0.1) is 17.3 Å². The summed E-state index contributed by atoms with van der Waals surface area (Å²) in [5, 5.41) is 9.03. The molecular formula is C12H18O2S. The molecule has 0 aromatic rings. The fourth-order valence-electron chi connectivity index (χ4n) is 4.93. The lowest BCUT2D eigenvalue weighted by Gasteiger charge is -2.60. The molecule has 4 saturated carbocycles. The molecular weight excluding hydrogens is 208 g/mol. The Labute approximate surface area is 95.8 Å². The molecule has 2 nitrogen and oxygen atoms in total. The number of aliphatic carboxylic acids is 1. The largest absolute Gasteiger partial charge is 0.481 e. The normalized spacial score (nSPS) is 52.1. The number of carboxylic acids is 1. The van der Waals surface area contributed by atoms with E-state index in [-0.39, 0.29) is 10.2 Å². The van der Waals surface area contributed by atoms with Crippen molar-refractivity contribution in [1.29, 1.82) is 0 Å². The Morgan fingerprint density at radius 3 is 2.33 bits per heavy atom. The highest BCUT2D eigenvalue weighted by molar-refractivity contribution is 7.81. The topological polar surface area (TPSA) is 37.3 Å². The van der Waals surface area contributed by atoms with E-state index in [2.05, 4.69) is 0 Å². The SMILES string of the molecule is O=C(O)CC12C[C@@H]3C[C@@H](CC(S)(C3)C1)C2. The van der Waals surface area contributed by atoms with Gasteiger partial charge in [-0.1, -0.05) is 0 Å². The predicted octanol–water partition coefficient (Wildman–Crippen LogP) is 2.73. The van der Waals surface area contributed by atoms with Gasteiger partial charge in [-0.2, -0.15) is 12.6 Å². The first kappa shape index (κ1) is 10.0. The van der Waals surface area contributed by atoms with Crippen molar-refractivity contribution in [3.05, 3.63) is 0 Å². The molecule has 0 radical (unpaired) electrons. The van der Waals surface area contributed by atoms with Gasteiger partial charge in [0.25, 0.3) is 0 Å². The van der Waals surface area contributed by atoms with Gasteiger partial charge in [-0.15, -0.1) is 0 Å². The monoisotopic (exact) mass is 226 g/mol.